The van der Waals surface area contributed by atoms with Crippen LogP contribution in [0.15, 0.2) is 51.0 Å². The van der Waals surface area contributed by atoms with Crippen molar-refractivity contribution in [3.05, 3.63) is 62.9 Å². The zero-order chi connectivity index (χ0) is 15.5. The molecule has 0 amide bonds. The molecule has 1 aromatic heterocycles. The summed E-state index contributed by atoms with van der Waals surface area (Å²) >= 11 is 0. The van der Waals surface area contributed by atoms with Crippen LogP contribution in [0.25, 0.3) is 0 Å². The van der Waals surface area contributed by atoms with E-state index in [4.69, 9.17) is 10.7 Å². The topological polar surface area (TPSA) is 89.0 Å². The molecule has 1 aromatic carbocycles. The van der Waals surface area contributed by atoms with Crippen LogP contribution in [-0.2, 0) is 22.0 Å². The minimum absolute atomic E-state index is 0.282. The maximum Gasteiger partial charge on any atom is 0.328 e. The summed E-state index contributed by atoms with van der Waals surface area (Å²) in [5.41, 5.74) is -0.549. The van der Waals surface area contributed by atoms with Crippen molar-refractivity contribution in [2.75, 3.05) is 0 Å². The first-order valence-corrected chi connectivity index (χ1v) is 8.51. The van der Waals surface area contributed by atoms with Gasteiger partial charge in [0.1, 0.15) is 0 Å². The van der Waals surface area contributed by atoms with E-state index in [1.807, 2.05) is 35.3 Å². The fraction of sp³-hybridized carbons (Fsp3) is 0.231. The predicted octanol–water partition coefficient (Wildman–Crippen LogP) is 1.10. The van der Waals surface area contributed by atoms with Crippen molar-refractivity contribution in [3.63, 3.8) is 0 Å². The summed E-state index contributed by atoms with van der Waals surface area (Å²) in [5, 5.41) is 0. The highest BCUT2D eigenvalue weighted by Crippen LogP contribution is 2.08. The molecule has 0 unspecified atom stereocenters. The molecule has 0 saturated heterocycles. The number of hydrogen-bond donors (Lipinski definition) is 1. The molecule has 0 aliphatic rings. The van der Waals surface area contributed by atoms with Crippen LogP contribution in [0.5, 0.6) is 0 Å². The van der Waals surface area contributed by atoms with Gasteiger partial charge >= 0.3 is 5.69 Å². The maximum absolute atomic E-state index is 11.6. The first-order chi connectivity index (χ1) is 9.88. The first-order valence-electron chi connectivity index (χ1n) is 6.20. The van der Waals surface area contributed by atoms with Crippen molar-refractivity contribution in [1.82, 2.24) is 9.55 Å². The average Bonchev–Trinajstić information content (AvgIpc) is 2.41. The van der Waals surface area contributed by atoms with Gasteiger partial charge in [0.25, 0.3) is 14.6 Å². The molecule has 2 rings (SSSR count). The van der Waals surface area contributed by atoms with Crippen molar-refractivity contribution in [1.29, 1.82) is 0 Å². The number of nitrogens with one attached hydrogen (secondary N) is 1. The first kappa shape index (κ1) is 15.5. The highest BCUT2D eigenvalue weighted by Gasteiger charge is 2.17. The van der Waals surface area contributed by atoms with Crippen LogP contribution < -0.4 is 11.2 Å². The van der Waals surface area contributed by atoms with Crippen LogP contribution in [0.4, 0.5) is 0 Å². The Morgan fingerprint density at radius 2 is 1.81 bits per heavy atom. The monoisotopic (exact) mass is 328 g/mol. The van der Waals surface area contributed by atoms with Gasteiger partial charge in [0.05, 0.1) is 0 Å². The van der Waals surface area contributed by atoms with Crippen LogP contribution in [0.1, 0.15) is 12.0 Å². The summed E-state index contributed by atoms with van der Waals surface area (Å²) in [6.45, 7) is 0.282. The number of H-pyrrole nitrogens is 1. The summed E-state index contributed by atoms with van der Waals surface area (Å²) in [6, 6.07) is 9.67. The van der Waals surface area contributed by atoms with Crippen molar-refractivity contribution < 1.29 is 8.42 Å². The van der Waals surface area contributed by atoms with Gasteiger partial charge in [-0.15, -0.1) is 0 Å². The Bertz CT molecular complexity index is 840. The van der Waals surface area contributed by atoms with Crippen LogP contribution >= 0.6 is 10.7 Å². The van der Waals surface area contributed by atoms with E-state index in [0.717, 1.165) is 22.7 Å². The smallest absolute Gasteiger partial charge is 0.299 e. The molecule has 1 N–H and O–H groups in total. The van der Waals surface area contributed by atoms with Gasteiger partial charge in [-0.25, -0.2) is 13.2 Å². The number of aryl methyl sites for hydroxylation is 2. The van der Waals surface area contributed by atoms with Gasteiger partial charge in [-0.05, 0) is 18.4 Å². The molecule has 0 fully saturated rings. The van der Waals surface area contributed by atoms with E-state index < -0.39 is 25.2 Å². The lowest BCUT2D eigenvalue weighted by molar-refractivity contribution is 0.582. The van der Waals surface area contributed by atoms with Gasteiger partial charge in [0.2, 0.25) is 0 Å². The molecule has 1 heterocycles. The van der Waals surface area contributed by atoms with Crippen LogP contribution in [-0.4, -0.2) is 18.0 Å². The second kappa shape index (κ2) is 6.28. The number of halogens is 1. The molecule has 21 heavy (non-hydrogen) atoms. The van der Waals surface area contributed by atoms with Crippen molar-refractivity contribution in [2.24, 2.45) is 0 Å². The second-order valence-electron chi connectivity index (χ2n) is 4.47. The Balaban J connectivity index is 2.17. The third-order valence-corrected chi connectivity index (χ3v) is 4.26. The van der Waals surface area contributed by atoms with Gasteiger partial charge in [-0.3, -0.25) is 14.3 Å². The molecule has 112 valence electrons. The highest BCUT2D eigenvalue weighted by atomic mass is 35.7. The summed E-state index contributed by atoms with van der Waals surface area (Å²) in [6.07, 6.45) is 2.33. The summed E-state index contributed by atoms with van der Waals surface area (Å²) in [7, 11) is 0.974. The number of benzene rings is 1. The second-order valence-corrected chi connectivity index (χ2v) is 7.01. The number of nitrogens with zero attached hydrogens (tertiary/aromatic N) is 1. The zero-order valence-corrected chi connectivity index (χ0v) is 12.5. The van der Waals surface area contributed by atoms with Crippen molar-refractivity contribution in [3.8, 4) is 0 Å². The van der Waals surface area contributed by atoms with Gasteiger partial charge in [0.15, 0.2) is 4.90 Å². The van der Waals surface area contributed by atoms with Crippen molar-refractivity contribution in [2.45, 2.75) is 24.3 Å². The van der Waals surface area contributed by atoms with Crippen LogP contribution in [0.3, 0.4) is 0 Å². The van der Waals surface area contributed by atoms with Gasteiger partial charge in [-0.1, -0.05) is 30.3 Å². The molecule has 0 aliphatic carbocycles. The quantitative estimate of drug-likeness (QED) is 0.832. The van der Waals surface area contributed by atoms with E-state index >= 15 is 0 Å². The Kier molecular flexibility index (Phi) is 4.64. The normalized spacial score (nSPS) is 11.5. The molecular formula is C13H13ClN2O4S. The SMILES string of the molecule is O=c1[nH]c(=O)n(CCCc2ccccc2)cc1S(=O)(=O)Cl. The molecular weight excluding hydrogens is 316 g/mol. The lowest BCUT2D eigenvalue weighted by Crippen LogP contribution is -2.32. The molecule has 0 saturated carbocycles. The van der Waals surface area contributed by atoms with Gasteiger partial charge < -0.3 is 0 Å². The number of aromatic nitrogens is 2. The number of rotatable bonds is 5. The highest BCUT2D eigenvalue weighted by molar-refractivity contribution is 8.13. The fourth-order valence-electron chi connectivity index (χ4n) is 1.93. The van der Waals surface area contributed by atoms with Gasteiger partial charge in [0, 0.05) is 23.4 Å². The molecule has 2 aromatic rings. The molecule has 0 atom stereocenters. The largest absolute Gasteiger partial charge is 0.328 e. The molecule has 8 heteroatoms. The Morgan fingerprint density at radius 1 is 1.14 bits per heavy atom. The van der Waals surface area contributed by atoms with E-state index in [9.17, 15) is 18.0 Å². The maximum atomic E-state index is 11.6. The standard InChI is InChI=1S/C13H13ClN2O4S/c14-21(19,20)11-9-16(13(18)15-12(11)17)8-4-7-10-5-2-1-3-6-10/h1-3,5-6,9H,4,7-8H2,(H,15,17,18). The lowest BCUT2D eigenvalue weighted by Gasteiger charge is -2.06. The molecule has 0 aliphatic heterocycles. The minimum Gasteiger partial charge on any atom is -0.299 e. The third kappa shape index (κ3) is 4.05. The van der Waals surface area contributed by atoms with E-state index in [1.165, 1.54) is 0 Å². The Labute approximate surface area is 125 Å². The Hall–Kier alpha value is -1.86. The van der Waals surface area contributed by atoms with E-state index in [2.05, 4.69) is 0 Å². The molecule has 6 nitrogen and oxygen atoms in total. The number of hydrogen-bond acceptors (Lipinski definition) is 4. The van der Waals surface area contributed by atoms with E-state index in [-0.39, 0.29) is 6.54 Å². The molecule has 0 radical (unpaired) electrons. The summed E-state index contributed by atoms with van der Waals surface area (Å²) < 4.78 is 23.6. The van der Waals surface area contributed by atoms with Gasteiger partial charge in [-0.2, -0.15) is 0 Å². The van der Waals surface area contributed by atoms with Crippen molar-refractivity contribution >= 4 is 19.7 Å². The average molecular weight is 329 g/mol. The van der Waals surface area contributed by atoms with E-state index in [0.29, 0.717) is 6.42 Å². The minimum atomic E-state index is -4.18. The molecule has 0 bridgehead atoms. The van der Waals surface area contributed by atoms with Crippen LogP contribution in [0.2, 0.25) is 0 Å². The van der Waals surface area contributed by atoms with E-state index in [1.54, 1.807) is 0 Å². The predicted molar refractivity (Wildman–Crippen MR) is 79.1 cm³/mol. The number of aromatic amines is 1. The summed E-state index contributed by atoms with van der Waals surface area (Å²) in [4.78, 5) is 24.4. The van der Waals surface area contributed by atoms with Crippen LogP contribution in [0, 0.1) is 0 Å². The zero-order valence-electron chi connectivity index (χ0n) is 11.0. The summed E-state index contributed by atoms with van der Waals surface area (Å²) in [5.74, 6) is 0. The Morgan fingerprint density at radius 3 is 2.43 bits per heavy atom. The third-order valence-electron chi connectivity index (χ3n) is 2.95. The molecule has 0 spiro atoms. The lowest BCUT2D eigenvalue weighted by atomic mass is 10.1. The fourth-order valence-corrected chi connectivity index (χ4v) is 2.78.